The summed E-state index contributed by atoms with van der Waals surface area (Å²) in [5, 5.41) is 6.90. The fourth-order valence-electron chi connectivity index (χ4n) is 3.57. The number of ether oxygens (including phenoxy) is 1. The van der Waals surface area contributed by atoms with Gasteiger partial charge in [0.2, 0.25) is 0 Å². The predicted octanol–water partition coefficient (Wildman–Crippen LogP) is 2.23. The summed E-state index contributed by atoms with van der Waals surface area (Å²) in [5.41, 5.74) is 0. The first-order chi connectivity index (χ1) is 11.3. The Balaban J connectivity index is 1.70. The highest BCUT2D eigenvalue weighted by Gasteiger charge is 2.17. The van der Waals surface area contributed by atoms with Gasteiger partial charge in [-0.25, -0.2) is 0 Å². The molecular weight excluding hydrogens is 288 g/mol. The van der Waals surface area contributed by atoms with Crippen molar-refractivity contribution in [3.8, 4) is 0 Å². The molecule has 2 aliphatic rings. The number of rotatable bonds is 7. The third kappa shape index (κ3) is 7.08. The maximum atomic E-state index is 5.42. The predicted molar refractivity (Wildman–Crippen MR) is 97.0 cm³/mol. The van der Waals surface area contributed by atoms with Gasteiger partial charge in [-0.3, -0.25) is 9.89 Å². The van der Waals surface area contributed by atoms with Crippen molar-refractivity contribution in [1.29, 1.82) is 0 Å². The first-order valence-corrected chi connectivity index (χ1v) is 9.63. The number of nitrogens with zero attached hydrogens (tertiary/aromatic N) is 2. The van der Waals surface area contributed by atoms with Crippen molar-refractivity contribution in [1.82, 2.24) is 15.5 Å². The highest BCUT2D eigenvalue weighted by molar-refractivity contribution is 5.79. The van der Waals surface area contributed by atoms with Gasteiger partial charge in [0, 0.05) is 32.2 Å². The zero-order valence-electron chi connectivity index (χ0n) is 15.1. The lowest BCUT2D eigenvalue weighted by molar-refractivity contribution is 0.0220. The van der Waals surface area contributed by atoms with Gasteiger partial charge in [0.1, 0.15) is 0 Å². The Kier molecular flexibility index (Phi) is 8.76. The van der Waals surface area contributed by atoms with Crippen LogP contribution in [-0.2, 0) is 4.74 Å². The smallest absolute Gasteiger partial charge is 0.191 e. The fraction of sp³-hybridized carbons (Fsp3) is 0.944. The molecule has 2 rings (SSSR count). The Bertz CT molecular complexity index is 336. The molecule has 5 nitrogen and oxygen atoms in total. The molecule has 0 radical (unpaired) electrons. The number of guanidine groups is 1. The van der Waals surface area contributed by atoms with Gasteiger partial charge in [-0.2, -0.15) is 0 Å². The first kappa shape index (κ1) is 18.5. The third-order valence-corrected chi connectivity index (χ3v) is 5.10. The molecule has 1 saturated carbocycles. The van der Waals surface area contributed by atoms with Crippen molar-refractivity contribution in [2.75, 3.05) is 45.9 Å². The van der Waals surface area contributed by atoms with E-state index in [9.17, 15) is 0 Å². The van der Waals surface area contributed by atoms with Crippen molar-refractivity contribution in [3.05, 3.63) is 0 Å². The molecule has 1 heterocycles. The van der Waals surface area contributed by atoms with E-state index in [0.717, 1.165) is 57.8 Å². The highest BCUT2D eigenvalue weighted by Crippen LogP contribution is 2.25. The quantitative estimate of drug-likeness (QED) is 0.557. The van der Waals surface area contributed by atoms with E-state index in [2.05, 4.69) is 29.4 Å². The van der Waals surface area contributed by atoms with Gasteiger partial charge in [0.25, 0.3) is 0 Å². The maximum absolute atomic E-state index is 5.42. The Morgan fingerprint density at radius 3 is 2.61 bits per heavy atom. The van der Waals surface area contributed by atoms with E-state index in [1.54, 1.807) is 0 Å². The van der Waals surface area contributed by atoms with Gasteiger partial charge in [0.15, 0.2) is 5.96 Å². The van der Waals surface area contributed by atoms with Gasteiger partial charge in [0.05, 0.1) is 19.8 Å². The van der Waals surface area contributed by atoms with Gasteiger partial charge >= 0.3 is 0 Å². The topological polar surface area (TPSA) is 48.9 Å². The summed E-state index contributed by atoms with van der Waals surface area (Å²) in [6.07, 6.45) is 8.41. The van der Waals surface area contributed by atoms with E-state index < -0.39 is 0 Å². The number of aliphatic imine (C=N–C) groups is 1. The van der Waals surface area contributed by atoms with Crippen LogP contribution >= 0.6 is 0 Å². The van der Waals surface area contributed by atoms with Crippen molar-refractivity contribution in [2.45, 2.75) is 58.4 Å². The second-order valence-electron chi connectivity index (χ2n) is 6.94. The molecule has 2 N–H and O–H groups in total. The molecule has 0 aromatic rings. The summed E-state index contributed by atoms with van der Waals surface area (Å²) in [5.74, 6) is 1.90. The van der Waals surface area contributed by atoms with E-state index in [1.807, 2.05) is 0 Å². The SMILES string of the molecule is CCNC(=NCC(C)N1CCOCC1)NCCC1CCCCC1. The zero-order valence-corrected chi connectivity index (χ0v) is 15.1. The minimum atomic E-state index is 0.479. The van der Waals surface area contributed by atoms with Crippen LogP contribution in [0.5, 0.6) is 0 Å². The average Bonchev–Trinajstić information content (AvgIpc) is 2.61. The van der Waals surface area contributed by atoms with E-state index in [1.165, 1.54) is 38.5 Å². The fourth-order valence-corrected chi connectivity index (χ4v) is 3.57. The minimum Gasteiger partial charge on any atom is -0.379 e. The molecule has 1 unspecified atom stereocenters. The molecule has 1 aliphatic heterocycles. The van der Waals surface area contributed by atoms with Crippen LogP contribution in [0.15, 0.2) is 4.99 Å². The number of hydrogen-bond acceptors (Lipinski definition) is 3. The monoisotopic (exact) mass is 324 g/mol. The van der Waals surface area contributed by atoms with Crippen molar-refractivity contribution in [3.63, 3.8) is 0 Å². The van der Waals surface area contributed by atoms with Crippen LogP contribution in [0.2, 0.25) is 0 Å². The van der Waals surface area contributed by atoms with Crippen LogP contribution in [0.4, 0.5) is 0 Å². The van der Waals surface area contributed by atoms with Gasteiger partial charge in [-0.1, -0.05) is 32.1 Å². The van der Waals surface area contributed by atoms with E-state index >= 15 is 0 Å². The lowest BCUT2D eigenvalue weighted by Gasteiger charge is -2.31. The molecule has 0 aromatic heterocycles. The van der Waals surface area contributed by atoms with Crippen LogP contribution in [0.3, 0.4) is 0 Å². The lowest BCUT2D eigenvalue weighted by atomic mass is 9.87. The second-order valence-corrected chi connectivity index (χ2v) is 6.94. The Labute approximate surface area is 142 Å². The zero-order chi connectivity index (χ0) is 16.3. The molecule has 1 saturated heterocycles. The van der Waals surface area contributed by atoms with Crippen LogP contribution in [0, 0.1) is 5.92 Å². The Hall–Kier alpha value is -0.810. The van der Waals surface area contributed by atoms with E-state index in [0.29, 0.717) is 6.04 Å². The van der Waals surface area contributed by atoms with Crippen LogP contribution in [0.25, 0.3) is 0 Å². The van der Waals surface area contributed by atoms with E-state index in [-0.39, 0.29) is 0 Å². The van der Waals surface area contributed by atoms with Crippen LogP contribution in [-0.4, -0.2) is 62.8 Å². The second kappa shape index (κ2) is 10.9. The largest absolute Gasteiger partial charge is 0.379 e. The van der Waals surface area contributed by atoms with Crippen molar-refractivity contribution >= 4 is 5.96 Å². The number of nitrogens with one attached hydrogen (secondary N) is 2. The van der Waals surface area contributed by atoms with Crippen molar-refractivity contribution < 1.29 is 4.74 Å². The van der Waals surface area contributed by atoms with Gasteiger partial charge < -0.3 is 15.4 Å². The van der Waals surface area contributed by atoms with Crippen LogP contribution in [0.1, 0.15) is 52.4 Å². The van der Waals surface area contributed by atoms with Gasteiger partial charge in [-0.05, 0) is 26.2 Å². The summed E-state index contributed by atoms with van der Waals surface area (Å²) in [4.78, 5) is 7.25. The summed E-state index contributed by atoms with van der Waals surface area (Å²) in [6, 6.07) is 0.479. The van der Waals surface area contributed by atoms with E-state index in [4.69, 9.17) is 9.73 Å². The molecular formula is C18H36N4O. The summed E-state index contributed by atoms with van der Waals surface area (Å²) in [6.45, 7) is 11.0. The molecule has 0 aromatic carbocycles. The minimum absolute atomic E-state index is 0.479. The third-order valence-electron chi connectivity index (χ3n) is 5.10. The van der Waals surface area contributed by atoms with Crippen LogP contribution < -0.4 is 10.6 Å². The molecule has 0 spiro atoms. The summed E-state index contributed by atoms with van der Waals surface area (Å²) >= 11 is 0. The molecule has 1 aliphatic carbocycles. The Morgan fingerprint density at radius 2 is 1.91 bits per heavy atom. The standard InChI is InChI=1S/C18H36N4O/c1-3-19-18(20-10-9-17-7-5-4-6-8-17)21-15-16(2)22-11-13-23-14-12-22/h16-17H,3-15H2,1-2H3,(H2,19,20,21). The summed E-state index contributed by atoms with van der Waals surface area (Å²) in [7, 11) is 0. The molecule has 5 heteroatoms. The average molecular weight is 325 g/mol. The number of morpholine rings is 1. The van der Waals surface area contributed by atoms with Gasteiger partial charge in [-0.15, -0.1) is 0 Å². The number of hydrogen-bond donors (Lipinski definition) is 2. The molecule has 2 fully saturated rings. The first-order valence-electron chi connectivity index (χ1n) is 9.63. The molecule has 0 bridgehead atoms. The van der Waals surface area contributed by atoms with Crippen molar-refractivity contribution in [2.24, 2.45) is 10.9 Å². The summed E-state index contributed by atoms with van der Waals surface area (Å²) < 4.78 is 5.42. The Morgan fingerprint density at radius 1 is 1.17 bits per heavy atom. The normalized spacial score (nSPS) is 22.8. The highest BCUT2D eigenvalue weighted by atomic mass is 16.5. The maximum Gasteiger partial charge on any atom is 0.191 e. The molecule has 0 amide bonds. The molecule has 23 heavy (non-hydrogen) atoms. The molecule has 1 atom stereocenters. The molecule has 134 valence electrons. The lowest BCUT2D eigenvalue weighted by Crippen LogP contribution is -2.44.